The molecule has 4 nitrogen and oxygen atoms in total. The third-order valence-electron chi connectivity index (χ3n) is 7.68. The van der Waals surface area contributed by atoms with Crippen molar-refractivity contribution in [1.29, 1.82) is 0 Å². The number of aliphatic hydroxyl groups excluding tert-OH is 1. The molecule has 1 saturated carbocycles. The number of benzene rings is 1. The SMILES string of the molecule is CC#CC1(O)C[C@H]2CCc3cc(OCc4c(C)ccnc4C)ccc3[C@]2(CC)CC1O. The van der Waals surface area contributed by atoms with E-state index in [1.807, 2.05) is 19.2 Å². The number of hydrogen-bond acceptors (Lipinski definition) is 4. The Morgan fingerprint density at radius 2 is 2.03 bits per heavy atom. The molecule has 164 valence electrons. The van der Waals surface area contributed by atoms with Crippen LogP contribution in [-0.2, 0) is 18.4 Å². The van der Waals surface area contributed by atoms with Crippen molar-refractivity contribution in [2.24, 2.45) is 5.92 Å². The first-order chi connectivity index (χ1) is 14.8. The van der Waals surface area contributed by atoms with Gasteiger partial charge in [0, 0.05) is 22.9 Å². The second kappa shape index (κ2) is 8.30. The van der Waals surface area contributed by atoms with Gasteiger partial charge in [0.1, 0.15) is 12.4 Å². The Bertz CT molecular complexity index is 1020. The summed E-state index contributed by atoms with van der Waals surface area (Å²) in [5, 5.41) is 21.8. The summed E-state index contributed by atoms with van der Waals surface area (Å²) in [6.45, 7) is 8.53. The van der Waals surface area contributed by atoms with Crippen molar-refractivity contribution in [3.8, 4) is 17.6 Å². The molecule has 4 rings (SSSR count). The van der Waals surface area contributed by atoms with Crippen molar-refractivity contribution in [2.45, 2.75) is 83.5 Å². The average molecular weight is 420 g/mol. The van der Waals surface area contributed by atoms with Crippen LogP contribution in [0.3, 0.4) is 0 Å². The quantitative estimate of drug-likeness (QED) is 0.721. The molecule has 31 heavy (non-hydrogen) atoms. The molecule has 1 fully saturated rings. The van der Waals surface area contributed by atoms with E-state index in [1.54, 1.807) is 6.92 Å². The van der Waals surface area contributed by atoms with E-state index in [4.69, 9.17) is 4.74 Å². The van der Waals surface area contributed by atoms with Crippen LogP contribution in [0.15, 0.2) is 30.5 Å². The van der Waals surface area contributed by atoms with Gasteiger partial charge in [-0.15, -0.1) is 5.92 Å². The first-order valence-corrected chi connectivity index (χ1v) is 11.3. The topological polar surface area (TPSA) is 62.6 Å². The molecule has 0 bridgehead atoms. The van der Waals surface area contributed by atoms with Gasteiger partial charge in [-0.25, -0.2) is 0 Å². The molecule has 4 heteroatoms. The molecular formula is C27H33NO3. The van der Waals surface area contributed by atoms with Gasteiger partial charge in [-0.2, -0.15) is 0 Å². The second-order valence-electron chi connectivity index (χ2n) is 9.27. The standard InChI is InChI=1S/C27H33NO3/c1-5-12-27(30)15-21-8-7-20-14-22(31-17-23-18(3)11-13-28-19(23)4)9-10-24(20)26(21,6-2)16-25(27)29/h9-11,13-14,21,25,29-30H,6-8,15-17H2,1-4H3/t21-,25?,26-,27?/m1/s1. The third-order valence-corrected chi connectivity index (χ3v) is 7.68. The molecular weight excluding hydrogens is 386 g/mol. The van der Waals surface area contributed by atoms with Gasteiger partial charge < -0.3 is 14.9 Å². The molecule has 2 aliphatic rings. The van der Waals surface area contributed by atoms with Crippen molar-refractivity contribution in [3.05, 3.63) is 58.4 Å². The molecule has 0 saturated heterocycles. The second-order valence-corrected chi connectivity index (χ2v) is 9.27. The number of ether oxygens (including phenoxy) is 1. The van der Waals surface area contributed by atoms with Crippen molar-refractivity contribution in [1.82, 2.24) is 4.98 Å². The van der Waals surface area contributed by atoms with Crippen LogP contribution in [-0.4, -0.2) is 26.9 Å². The fraction of sp³-hybridized carbons (Fsp3) is 0.519. The lowest BCUT2D eigenvalue weighted by Gasteiger charge is -2.53. The molecule has 4 atom stereocenters. The van der Waals surface area contributed by atoms with Crippen LogP contribution < -0.4 is 4.74 Å². The minimum Gasteiger partial charge on any atom is -0.489 e. The maximum absolute atomic E-state index is 11.0. The number of aliphatic hydroxyl groups is 2. The Morgan fingerprint density at radius 1 is 1.23 bits per heavy atom. The zero-order chi connectivity index (χ0) is 22.2. The fourth-order valence-electron chi connectivity index (χ4n) is 5.85. The normalized spacial score (nSPS) is 29.4. The van der Waals surface area contributed by atoms with E-state index < -0.39 is 11.7 Å². The van der Waals surface area contributed by atoms with Gasteiger partial charge in [0.25, 0.3) is 0 Å². The first-order valence-electron chi connectivity index (χ1n) is 11.3. The highest BCUT2D eigenvalue weighted by Gasteiger charge is 2.54. The Kier molecular flexibility index (Phi) is 5.85. The Labute approximate surface area is 185 Å². The van der Waals surface area contributed by atoms with Crippen LogP contribution in [0.5, 0.6) is 5.75 Å². The lowest BCUT2D eigenvalue weighted by atomic mass is 9.52. The molecule has 1 heterocycles. The van der Waals surface area contributed by atoms with Gasteiger partial charge in [-0.05, 0) is 93.7 Å². The van der Waals surface area contributed by atoms with Crippen LogP contribution in [0.1, 0.15) is 67.5 Å². The van der Waals surface area contributed by atoms with Crippen LogP contribution in [0.25, 0.3) is 0 Å². The highest BCUT2D eigenvalue weighted by Crippen LogP contribution is 2.54. The smallest absolute Gasteiger partial charge is 0.151 e. The van der Waals surface area contributed by atoms with E-state index in [2.05, 4.69) is 48.9 Å². The predicted octanol–water partition coefficient (Wildman–Crippen LogP) is 4.40. The number of hydrogen-bond donors (Lipinski definition) is 2. The predicted molar refractivity (Wildman–Crippen MR) is 122 cm³/mol. The number of rotatable bonds is 4. The summed E-state index contributed by atoms with van der Waals surface area (Å²) in [7, 11) is 0. The van der Waals surface area contributed by atoms with Crippen molar-refractivity contribution in [3.63, 3.8) is 0 Å². The zero-order valence-electron chi connectivity index (χ0n) is 19.0. The largest absolute Gasteiger partial charge is 0.489 e. The van der Waals surface area contributed by atoms with Gasteiger partial charge in [-0.3, -0.25) is 4.98 Å². The molecule has 2 aromatic rings. The van der Waals surface area contributed by atoms with E-state index in [0.29, 0.717) is 25.4 Å². The summed E-state index contributed by atoms with van der Waals surface area (Å²) in [5.41, 5.74) is 4.52. The van der Waals surface area contributed by atoms with Crippen LogP contribution in [0.4, 0.5) is 0 Å². The minimum atomic E-state index is -1.29. The molecule has 0 amide bonds. The van der Waals surface area contributed by atoms with Crippen LogP contribution >= 0.6 is 0 Å². The summed E-state index contributed by atoms with van der Waals surface area (Å²) in [5.74, 6) is 6.89. The van der Waals surface area contributed by atoms with Gasteiger partial charge in [0.2, 0.25) is 0 Å². The summed E-state index contributed by atoms with van der Waals surface area (Å²) >= 11 is 0. The monoisotopic (exact) mass is 419 g/mol. The van der Waals surface area contributed by atoms with E-state index in [-0.39, 0.29) is 5.41 Å². The van der Waals surface area contributed by atoms with Crippen molar-refractivity contribution in [2.75, 3.05) is 0 Å². The summed E-state index contributed by atoms with van der Waals surface area (Å²) in [6.07, 6.45) is 4.95. The first kappa shape index (κ1) is 21.9. The van der Waals surface area contributed by atoms with Gasteiger partial charge >= 0.3 is 0 Å². The molecule has 2 aliphatic carbocycles. The molecule has 1 aromatic carbocycles. The average Bonchev–Trinajstić information content (AvgIpc) is 2.74. The zero-order valence-corrected chi connectivity index (χ0v) is 19.0. The van der Waals surface area contributed by atoms with E-state index in [1.165, 1.54) is 16.7 Å². The maximum atomic E-state index is 11.0. The number of fused-ring (bicyclic) bond motifs is 3. The summed E-state index contributed by atoms with van der Waals surface area (Å²) < 4.78 is 6.16. The lowest BCUT2D eigenvalue weighted by molar-refractivity contribution is -0.106. The van der Waals surface area contributed by atoms with E-state index >= 15 is 0 Å². The molecule has 0 spiro atoms. The van der Waals surface area contributed by atoms with E-state index in [9.17, 15) is 10.2 Å². The fourth-order valence-corrected chi connectivity index (χ4v) is 5.85. The highest BCUT2D eigenvalue weighted by molar-refractivity contribution is 5.44. The van der Waals surface area contributed by atoms with Crippen molar-refractivity contribution >= 4 is 0 Å². The van der Waals surface area contributed by atoms with Gasteiger partial charge in [0.15, 0.2) is 5.60 Å². The molecule has 0 aliphatic heterocycles. The van der Waals surface area contributed by atoms with Gasteiger partial charge in [0.05, 0.1) is 6.10 Å². The molecule has 2 unspecified atom stereocenters. The number of nitrogens with zero attached hydrogens (tertiary/aromatic N) is 1. The van der Waals surface area contributed by atoms with Crippen LogP contribution in [0, 0.1) is 31.6 Å². The number of pyridine rings is 1. The Balaban J connectivity index is 1.61. The highest BCUT2D eigenvalue weighted by atomic mass is 16.5. The maximum Gasteiger partial charge on any atom is 0.151 e. The Hall–Kier alpha value is -2.35. The number of aryl methyl sites for hydroxylation is 3. The van der Waals surface area contributed by atoms with E-state index in [0.717, 1.165) is 36.3 Å². The lowest BCUT2D eigenvalue weighted by Crippen LogP contribution is -2.57. The summed E-state index contributed by atoms with van der Waals surface area (Å²) in [4.78, 5) is 4.39. The minimum absolute atomic E-state index is 0.121. The summed E-state index contributed by atoms with van der Waals surface area (Å²) in [6, 6.07) is 8.43. The van der Waals surface area contributed by atoms with Crippen molar-refractivity contribution < 1.29 is 14.9 Å². The third kappa shape index (κ3) is 3.75. The Morgan fingerprint density at radius 3 is 2.74 bits per heavy atom. The molecule has 1 aromatic heterocycles. The molecule has 2 N–H and O–H groups in total. The number of aromatic nitrogens is 1. The van der Waals surface area contributed by atoms with Gasteiger partial charge in [-0.1, -0.05) is 18.9 Å². The molecule has 0 radical (unpaired) electrons. The van der Waals surface area contributed by atoms with Crippen LogP contribution in [0.2, 0.25) is 0 Å².